The lowest BCUT2D eigenvalue weighted by Gasteiger charge is -2.55. The number of hydrogen-bond acceptors (Lipinski definition) is 2. The third-order valence-corrected chi connectivity index (χ3v) is 6.82. The van der Waals surface area contributed by atoms with Crippen molar-refractivity contribution in [2.75, 3.05) is 19.6 Å². The molecular formula is C18H30N2O. The fraction of sp³-hybridized carbons (Fsp3) is 0.944. The van der Waals surface area contributed by atoms with Crippen molar-refractivity contribution >= 4 is 5.91 Å². The van der Waals surface area contributed by atoms with Crippen molar-refractivity contribution in [2.45, 2.75) is 57.8 Å². The summed E-state index contributed by atoms with van der Waals surface area (Å²) in [6.07, 6.45) is 11.6. The molecule has 0 aromatic rings. The van der Waals surface area contributed by atoms with E-state index in [9.17, 15) is 4.79 Å². The van der Waals surface area contributed by atoms with Crippen LogP contribution < -0.4 is 10.6 Å². The van der Waals surface area contributed by atoms with E-state index in [4.69, 9.17) is 0 Å². The van der Waals surface area contributed by atoms with Gasteiger partial charge in [-0.3, -0.25) is 4.79 Å². The van der Waals surface area contributed by atoms with E-state index in [0.29, 0.717) is 5.91 Å². The molecular weight excluding hydrogens is 260 g/mol. The fourth-order valence-electron chi connectivity index (χ4n) is 6.14. The molecule has 5 rings (SSSR count). The third kappa shape index (κ3) is 2.74. The summed E-state index contributed by atoms with van der Waals surface area (Å²) in [6, 6.07) is 0. The van der Waals surface area contributed by atoms with Gasteiger partial charge in [0.15, 0.2) is 0 Å². The Morgan fingerprint density at radius 2 is 1.57 bits per heavy atom. The molecule has 1 amide bonds. The van der Waals surface area contributed by atoms with Gasteiger partial charge in [0.05, 0.1) is 0 Å². The molecule has 4 saturated carbocycles. The Kier molecular flexibility index (Phi) is 3.72. The van der Waals surface area contributed by atoms with Gasteiger partial charge < -0.3 is 10.6 Å². The smallest absolute Gasteiger partial charge is 0.226 e. The van der Waals surface area contributed by atoms with E-state index < -0.39 is 0 Å². The summed E-state index contributed by atoms with van der Waals surface area (Å²) in [5, 5.41) is 6.74. The lowest BCUT2D eigenvalue weighted by atomic mass is 9.49. The molecule has 0 aromatic heterocycles. The minimum atomic E-state index is 0.0445. The van der Waals surface area contributed by atoms with E-state index in [-0.39, 0.29) is 5.41 Å². The summed E-state index contributed by atoms with van der Waals surface area (Å²) in [7, 11) is 0. The van der Waals surface area contributed by atoms with Gasteiger partial charge in [0.2, 0.25) is 5.91 Å². The van der Waals surface area contributed by atoms with Crippen molar-refractivity contribution < 1.29 is 4.79 Å². The van der Waals surface area contributed by atoms with E-state index in [1.54, 1.807) is 0 Å². The second-order valence-electron chi connectivity index (χ2n) is 8.44. The molecule has 5 aliphatic rings. The molecule has 1 aliphatic heterocycles. The van der Waals surface area contributed by atoms with Crippen LogP contribution in [-0.2, 0) is 4.79 Å². The summed E-state index contributed by atoms with van der Waals surface area (Å²) in [5.74, 6) is 3.84. The number of nitrogens with one attached hydrogen (secondary N) is 2. The molecule has 4 aliphatic carbocycles. The Morgan fingerprint density at radius 3 is 2.14 bits per heavy atom. The first-order chi connectivity index (χ1) is 10.2. The van der Waals surface area contributed by atoms with Crippen LogP contribution in [0.4, 0.5) is 0 Å². The van der Waals surface area contributed by atoms with Crippen LogP contribution in [0.5, 0.6) is 0 Å². The zero-order valence-electron chi connectivity index (χ0n) is 13.2. The van der Waals surface area contributed by atoms with Gasteiger partial charge >= 0.3 is 0 Å². The van der Waals surface area contributed by atoms with Gasteiger partial charge in [-0.2, -0.15) is 0 Å². The first kappa shape index (κ1) is 14.0. The van der Waals surface area contributed by atoms with E-state index >= 15 is 0 Å². The van der Waals surface area contributed by atoms with Crippen molar-refractivity contribution in [3.63, 3.8) is 0 Å². The average molecular weight is 290 g/mol. The fourth-order valence-corrected chi connectivity index (χ4v) is 6.14. The van der Waals surface area contributed by atoms with Crippen LogP contribution in [0.1, 0.15) is 57.8 Å². The first-order valence-corrected chi connectivity index (χ1v) is 9.22. The highest BCUT2D eigenvalue weighted by atomic mass is 16.2. The lowest BCUT2D eigenvalue weighted by Crippen LogP contribution is -2.53. The Hall–Kier alpha value is -0.570. The largest absolute Gasteiger partial charge is 0.356 e. The minimum Gasteiger partial charge on any atom is -0.356 e. The topological polar surface area (TPSA) is 41.1 Å². The van der Waals surface area contributed by atoms with Crippen molar-refractivity contribution in [3.8, 4) is 0 Å². The van der Waals surface area contributed by atoms with Crippen LogP contribution >= 0.6 is 0 Å². The SMILES string of the molecule is O=C(NCCC1CCNCC1)C12CC3CC(CC(C3)C1)C2. The van der Waals surface area contributed by atoms with Gasteiger partial charge in [-0.15, -0.1) is 0 Å². The van der Waals surface area contributed by atoms with Crippen molar-refractivity contribution in [3.05, 3.63) is 0 Å². The quantitative estimate of drug-likeness (QED) is 0.836. The molecule has 3 nitrogen and oxygen atoms in total. The highest BCUT2D eigenvalue weighted by Gasteiger charge is 2.54. The maximum atomic E-state index is 12.8. The van der Waals surface area contributed by atoms with Crippen LogP contribution in [0.2, 0.25) is 0 Å². The van der Waals surface area contributed by atoms with Gasteiger partial charge in [0, 0.05) is 12.0 Å². The molecule has 0 spiro atoms. The molecule has 21 heavy (non-hydrogen) atoms. The number of rotatable bonds is 4. The molecule has 1 heterocycles. The van der Waals surface area contributed by atoms with Crippen molar-refractivity contribution in [1.29, 1.82) is 0 Å². The number of amides is 1. The highest BCUT2D eigenvalue weighted by Crippen LogP contribution is 2.60. The maximum Gasteiger partial charge on any atom is 0.226 e. The number of carbonyl (C=O) groups excluding carboxylic acids is 1. The Morgan fingerprint density at radius 1 is 1.00 bits per heavy atom. The molecule has 0 unspecified atom stereocenters. The monoisotopic (exact) mass is 290 g/mol. The molecule has 3 heteroatoms. The first-order valence-electron chi connectivity index (χ1n) is 9.22. The predicted molar refractivity (Wildman–Crippen MR) is 83.8 cm³/mol. The standard InChI is InChI=1S/C18H30N2O/c21-17(20-6-3-13-1-4-19-5-2-13)18-10-14-7-15(11-18)9-16(8-14)12-18/h13-16,19H,1-12H2,(H,20,21). The summed E-state index contributed by atoms with van der Waals surface area (Å²) >= 11 is 0. The number of carbonyl (C=O) groups is 1. The maximum absolute atomic E-state index is 12.8. The molecule has 4 bridgehead atoms. The number of piperidine rings is 1. The molecule has 1 saturated heterocycles. The van der Waals surface area contributed by atoms with Crippen molar-refractivity contribution in [1.82, 2.24) is 10.6 Å². The van der Waals surface area contributed by atoms with Gasteiger partial charge in [0.1, 0.15) is 0 Å². The van der Waals surface area contributed by atoms with Gasteiger partial charge in [0.25, 0.3) is 0 Å². The Balaban J connectivity index is 1.30. The Bertz CT molecular complexity index is 365. The van der Waals surface area contributed by atoms with Crippen LogP contribution in [0.15, 0.2) is 0 Å². The zero-order chi connectivity index (χ0) is 14.3. The van der Waals surface area contributed by atoms with Crippen LogP contribution in [0.3, 0.4) is 0 Å². The highest BCUT2D eigenvalue weighted by molar-refractivity contribution is 5.83. The molecule has 0 atom stereocenters. The second kappa shape index (κ2) is 5.57. The van der Waals surface area contributed by atoms with E-state index in [1.807, 2.05) is 0 Å². The van der Waals surface area contributed by atoms with Crippen LogP contribution in [0.25, 0.3) is 0 Å². The molecule has 118 valence electrons. The molecule has 5 fully saturated rings. The Labute approximate surface area is 128 Å². The third-order valence-electron chi connectivity index (χ3n) is 6.82. The van der Waals surface area contributed by atoms with E-state index in [1.165, 1.54) is 57.8 Å². The molecule has 0 aromatic carbocycles. The van der Waals surface area contributed by atoms with E-state index in [2.05, 4.69) is 10.6 Å². The van der Waals surface area contributed by atoms with Gasteiger partial charge in [-0.1, -0.05) is 0 Å². The molecule has 2 N–H and O–H groups in total. The summed E-state index contributed by atoms with van der Waals surface area (Å²) in [6.45, 7) is 3.23. The van der Waals surface area contributed by atoms with E-state index in [0.717, 1.165) is 43.3 Å². The lowest BCUT2D eigenvalue weighted by molar-refractivity contribution is -0.146. The average Bonchev–Trinajstić information content (AvgIpc) is 2.47. The predicted octanol–water partition coefficient (Wildman–Crippen LogP) is 2.71. The van der Waals surface area contributed by atoms with Crippen LogP contribution in [-0.4, -0.2) is 25.5 Å². The summed E-state index contributed by atoms with van der Waals surface area (Å²) in [5.41, 5.74) is 0.0445. The van der Waals surface area contributed by atoms with Gasteiger partial charge in [-0.25, -0.2) is 0 Å². The summed E-state index contributed by atoms with van der Waals surface area (Å²) in [4.78, 5) is 12.8. The minimum absolute atomic E-state index is 0.0445. The van der Waals surface area contributed by atoms with Crippen LogP contribution in [0, 0.1) is 29.1 Å². The summed E-state index contributed by atoms with van der Waals surface area (Å²) < 4.78 is 0. The van der Waals surface area contributed by atoms with Crippen molar-refractivity contribution in [2.24, 2.45) is 29.1 Å². The second-order valence-corrected chi connectivity index (χ2v) is 8.44. The zero-order valence-corrected chi connectivity index (χ0v) is 13.2. The molecule has 0 radical (unpaired) electrons. The normalized spacial score (nSPS) is 42.2. The number of hydrogen-bond donors (Lipinski definition) is 2. The van der Waals surface area contributed by atoms with Gasteiger partial charge in [-0.05, 0) is 94.5 Å².